The van der Waals surface area contributed by atoms with E-state index in [2.05, 4.69) is 5.32 Å². The number of furan rings is 1. The monoisotopic (exact) mass is 201 g/mol. The molecule has 0 radical (unpaired) electrons. The minimum Gasteiger partial charge on any atom is -0.465 e. The second-order valence-electron chi connectivity index (χ2n) is 3.59. The van der Waals surface area contributed by atoms with Gasteiger partial charge in [-0.05, 0) is 19.1 Å². The summed E-state index contributed by atoms with van der Waals surface area (Å²) in [4.78, 5) is 0. The molecule has 0 saturated carbocycles. The molecule has 0 unspecified atom stereocenters. The number of anilines is 1. The number of hydrogen-bond donors (Lipinski definition) is 1. The van der Waals surface area contributed by atoms with Crippen molar-refractivity contribution in [3.8, 4) is 11.5 Å². The number of aryl methyl sites for hydroxylation is 1. The highest BCUT2D eigenvalue weighted by Crippen LogP contribution is 2.37. The molecule has 0 spiro atoms. The summed E-state index contributed by atoms with van der Waals surface area (Å²) in [6.07, 6.45) is 1.66. The molecule has 3 rings (SSSR count). The van der Waals surface area contributed by atoms with Crippen LogP contribution in [0.15, 0.2) is 34.9 Å². The van der Waals surface area contributed by atoms with Gasteiger partial charge >= 0.3 is 0 Å². The number of benzene rings is 1. The largest absolute Gasteiger partial charge is 0.465 e. The van der Waals surface area contributed by atoms with Crippen molar-refractivity contribution >= 4 is 5.69 Å². The third kappa shape index (κ3) is 1.28. The first kappa shape index (κ1) is 8.41. The highest BCUT2D eigenvalue weighted by molar-refractivity contribution is 5.60. The summed E-state index contributed by atoms with van der Waals surface area (Å²) in [5.74, 6) is 2.56. The van der Waals surface area contributed by atoms with Crippen LogP contribution in [0, 0.1) is 6.92 Å². The Labute approximate surface area is 87.7 Å². The van der Waals surface area contributed by atoms with Crippen molar-refractivity contribution in [2.75, 3.05) is 5.32 Å². The molecule has 0 bridgehead atoms. The van der Waals surface area contributed by atoms with Crippen molar-refractivity contribution in [1.29, 1.82) is 0 Å². The lowest BCUT2D eigenvalue weighted by atomic mass is 10.2. The molecular weight excluding hydrogens is 190 g/mol. The maximum absolute atomic E-state index is 5.77. The van der Waals surface area contributed by atoms with E-state index in [9.17, 15) is 0 Å². The second kappa shape index (κ2) is 3.05. The fourth-order valence-corrected chi connectivity index (χ4v) is 1.76. The van der Waals surface area contributed by atoms with E-state index in [1.54, 1.807) is 6.26 Å². The Hall–Kier alpha value is -1.90. The first-order chi connectivity index (χ1) is 7.34. The van der Waals surface area contributed by atoms with Crippen LogP contribution in [0.3, 0.4) is 0 Å². The zero-order chi connectivity index (χ0) is 10.3. The van der Waals surface area contributed by atoms with E-state index >= 15 is 0 Å². The van der Waals surface area contributed by atoms with Gasteiger partial charge in [-0.15, -0.1) is 0 Å². The number of para-hydroxylation sites is 2. The molecule has 2 aromatic rings. The molecule has 3 nitrogen and oxygen atoms in total. The standard InChI is InChI=1S/C12H11NO2/c1-8-9-6-13-10-4-2-3-5-11(10)15-12(9)7-14-8/h2-5,7,13H,6H2,1H3. The molecule has 0 saturated heterocycles. The quantitative estimate of drug-likeness (QED) is 0.710. The molecule has 0 aliphatic carbocycles. The van der Waals surface area contributed by atoms with Gasteiger partial charge in [-0.25, -0.2) is 0 Å². The lowest BCUT2D eigenvalue weighted by molar-refractivity contribution is 0.464. The van der Waals surface area contributed by atoms with Crippen molar-refractivity contribution in [3.63, 3.8) is 0 Å². The summed E-state index contributed by atoms with van der Waals surface area (Å²) in [5.41, 5.74) is 2.11. The predicted molar refractivity (Wildman–Crippen MR) is 57.3 cm³/mol. The molecule has 0 fully saturated rings. The maximum atomic E-state index is 5.77. The Kier molecular flexibility index (Phi) is 1.71. The highest BCUT2D eigenvalue weighted by Gasteiger charge is 2.17. The summed E-state index contributed by atoms with van der Waals surface area (Å²) in [5, 5.41) is 3.32. The van der Waals surface area contributed by atoms with E-state index < -0.39 is 0 Å². The molecule has 0 amide bonds. The first-order valence-corrected chi connectivity index (χ1v) is 4.92. The van der Waals surface area contributed by atoms with Crippen LogP contribution in [0.25, 0.3) is 0 Å². The molecule has 15 heavy (non-hydrogen) atoms. The highest BCUT2D eigenvalue weighted by atomic mass is 16.5. The molecular formula is C12H11NO2. The van der Waals surface area contributed by atoms with E-state index in [4.69, 9.17) is 9.15 Å². The minimum absolute atomic E-state index is 0.745. The van der Waals surface area contributed by atoms with Crippen molar-refractivity contribution in [1.82, 2.24) is 0 Å². The number of fused-ring (bicyclic) bond motifs is 2. The third-order valence-electron chi connectivity index (χ3n) is 2.63. The van der Waals surface area contributed by atoms with Crippen LogP contribution in [0.1, 0.15) is 11.3 Å². The zero-order valence-corrected chi connectivity index (χ0v) is 8.41. The number of ether oxygens (including phenoxy) is 1. The number of nitrogens with one attached hydrogen (secondary N) is 1. The van der Waals surface area contributed by atoms with E-state index in [-0.39, 0.29) is 0 Å². The van der Waals surface area contributed by atoms with Crippen LogP contribution in [-0.2, 0) is 6.54 Å². The fraction of sp³-hybridized carbons (Fsp3) is 0.167. The summed E-state index contributed by atoms with van der Waals surface area (Å²) in [6, 6.07) is 7.90. The van der Waals surface area contributed by atoms with Gasteiger partial charge in [0.1, 0.15) is 12.0 Å². The molecule has 3 heteroatoms. The fourth-order valence-electron chi connectivity index (χ4n) is 1.76. The van der Waals surface area contributed by atoms with Crippen LogP contribution >= 0.6 is 0 Å². The first-order valence-electron chi connectivity index (χ1n) is 4.92. The van der Waals surface area contributed by atoms with Crippen LogP contribution < -0.4 is 10.1 Å². The van der Waals surface area contributed by atoms with Gasteiger partial charge < -0.3 is 14.5 Å². The molecule has 2 heterocycles. The van der Waals surface area contributed by atoms with Crippen molar-refractivity contribution in [3.05, 3.63) is 41.9 Å². The Bertz CT molecular complexity index is 502. The minimum atomic E-state index is 0.745. The van der Waals surface area contributed by atoms with E-state index in [1.165, 1.54) is 0 Å². The SMILES string of the molecule is Cc1occ2c1CNc1ccccc1O2. The van der Waals surface area contributed by atoms with Gasteiger partial charge in [0.2, 0.25) is 0 Å². The molecule has 1 aliphatic rings. The van der Waals surface area contributed by atoms with E-state index in [0.29, 0.717) is 0 Å². The van der Waals surface area contributed by atoms with E-state index in [1.807, 2.05) is 31.2 Å². The summed E-state index contributed by atoms with van der Waals surface area (Å²) >= 11 is 0. The summed E-state index contributed by atoms with van der Waals surface area (Å²) in [7, 11) is 0. The Morgan fingerprint density at radius 3 is 3.00 bits per heavy atom. The van der Waals surface area contributed by atoms with Gasteiger partial charge in [-0.1, -0.05) is 12.1 Å². The van der Waals surface area contributed by atoms with Gasteiger partial charge in [-0.3, -0.25) is 0 Å². The predicted octanol–water partition coefficient (Wildman–Crippen LogP) is 3.31. The number of rotatable bonds is 0. The summed E-state index contributed by atoms with van der Waals surface area (Å²) < 4.78 is 11.1. The molecule has 1 aromatic heterocycles. The maximum Gasteiger partial charge on any atom is 0.170 e. The third-order valence-corrected chi connectivity index (χ3v) is 2.63. The van der Waals surface area contributed by atoms with E-state index in [0.717, 1.165) is 35.1 Å². The smallest absolute Gasteiger partial charge is 0.170 e. The second-order valence-corrected chi connectivity index (χ2v) is 3.59. The Morgan fingerprint density at radius 1 is 1.20 bits per heavy atom. The normalized spacial score (nSPS) is 13.1. The molecule has 1 N–H and O–H groups in total. The van der Waals surface area contributed by atoms with Crippen molar-refractivity contribution in [2.45, 2.75) is 13.5 Å². The van der Waals surface area contributed by atoms with Gasteiger partial charge in [-0.2, -0.15) is 0 Å². The Balaban J connectivity index is 2.10. The topological polar surface area (TPSA) is 34.4 Å². The van der Waals surface area contributed by atoms with Crippen LogP contribution in [-0.4, -0.2) is 0 Å². The van der Waals surface area contributed by atoms with Crippen molar-refractivity contribution < 1.29 is 9.15 Å². The van der Waals surface area contributed by atoms with Crippen LogP contribution in [0.4, 0.5) is 5.69 Å². The molecule has 76 valence electrons. The van der Waals surface area contributed by atoms with Gasteiger partial charge in [0, 0.05) is 6.54 Å². The lowest BCUT2D eigenvalue weighted by Crippen LogP contribution is -1.97. The summed E-state index contributed by atoms with van der Waals surface area (Å²) in [6.45, 7) is 2.69. The average Bonchev–Trinajstić information content (AvgIpc) is 2.51. The average molecular weight is 201 g/mol. The van der Waals surface area contributed by atoms with Crippen LogP contribution in [0.5, 0.6) is 11.5 Å². The molecule has 1 aliphatic heterocycles. The molecule has 1 aromatic carbocycles. The lowest BCUT2D eigenvalue weighted by Gasteiger charge is -2.05. The Morgan fingerprint density at radius 2 is 2.07 bits per heavy atom. The van der Waals surface area contributed by atoms with Gasteiger partial charge in [0.15, 0.2) is 11.5 Å². The van der Waals surface area contributed by atoms with Gasteiger partial charge in [0.05, 0.1) is 11.3 Å². The molecule has 0 atom stereocenters. The zero-order valence-electron chi connectivity index (χ0n) is 8.41. The number of hydrogen-bond acceptors (Lipinski definition) is 3. The van der Waals surface area contributed by atoms with Crippen LogP contribution in [0.2, 0.25) is 0 Å². The van der Waals surface area contributed by atoms with Crippen molar-refractivity contribution in [2.24, 2.45) is 0 Å². The van der Waals surface area contributed by atoms with Gasteiger partial charge in [0.25, 0.3) is 0 Å².